The van der Waals surface area contributed by atoms with Crippen LogP contribution < -0.4 is 5.32 Å². The summed E-state index contributed by atoms with van der Waals surface area (Å²) in [6.45, 7) is 8.95. The van der Waals surface area contributed by atoms with Crippen LogP contribution in [0.15, 0.2) is 30.3 Å². The molecule has 4 heteroatoms. The Bertz CT molecular complexity index is 471. The fourth-order valence-electron chi connectivity index (χ4n) is 2.35. The fourth-order valence-corrected chi connectivity index (χ4v) is 2.35. The SMILES string of the molecule is CC(=O)N(CCC(=O)NCCC(C)C)C(C)c1ccccc1. The highest BCUT2D eigenvalue weighted by Gasteiger charge is 2.19. The smallest absolute Gasteiger partial charge is 0.221 e. The Morgan fingerprint density at radius 1 is 1.14 bits per heavy atom. The first kappa shape index (κ1) is 18.2. The molecule has 1 aromatic rings. The second kappa shape index (κ2) is 9.23. The highest BCUT2D eigenvalue weighted by molar-refractivity contribution is 5.78. The van der Waals surface area contributed by atoms with Crippen LogP contribution in [0.5, 0.6) is 0 Å². The lowest BCUT2D eigenvalue weighted by molar-refractivity contribution is -0.131. The molecule has 0 fully saturated rings. The molecule has 1 N–H and O–H groups in total. The van der Waals surface area contributed by atoms with Crippen molar-refractivity contribution >= 4 is 11.8 Å². The van der Waals surface area contributed by atoms with E-state index in [1.54, 1.807) is 11.8 Å². The second-order valence-corrected chi connectivity index (χ2v) is 6.08. The van der Waals surface area contributed by atoms with E-state index in [4.69, 9.17) is 0 Å². The van der Waals surface area contributed by atoms with Gasteiger partial charge in [0.05, 0.1) is 6.04 Å². The normalized spacial score (nSPS) is 12.0. The maximum absolute atomic E-state index is 11.9. The fraction of sp³-hybridized carbons (Fsp3) is 0.556. The van der Waals surface area contributed by atoms with Crippen LogP contribution in [-0.2, 0) is 9.59 Å². The summed E-state index contributed by atoms with van der Waals surface area (Å²) in [4.78, 5) is 25.5. The van der Waals surface area contributed by atoms with Gasteiger partial charge in [-0.2, -0.15) is 0 Å². The predicted molar refractivity (Wildman–Crippen MR) is 89.3 cm³/mol. The molecule has 0 aromatic heterocycles. The van der Waals surface area contributed by atoms with Gasteiger partial charge in [0.1, 0.15) is 0 Å². The Hall–Kier alpha value is -1.84. The van der Waals surface area contributed by atoms with Gasteiger partial charge in [0.2, 0.25) is 11.8 Å². The largest absolute Gasteiger partial charge is 0.356 e. The standard InChI is InChI=1S/C18H28N2O2/c1-14(2)10-12-19-18(22)11-13-20(16(4)21)15(3)17-8-6-5-7-9-17/h5-9,14-15H,10-13H2,1-4H3,(H,19,22). The number of carbonyl (C=O) groups is 2. The van der Waals surface area contributed by atoms with Crippen LogP contribution in [0.3, 0.4) is 0 Å². The first-order valence-electron chi connectivity index (χ1n) is 8.00. The van der Waals surface area contributed by atoms with Crippen LogP contribution in [0.2, 0.25) is 0 Å². The van der Waals surface area contributed by atoms with Crippen LogP contribution in [-0.4, -0.2) is 29.8 Å². The molecule has 1 aromatic carbocycles. The maximum atomic E-state index is 11.9. The Morgan fingerprint density at radius 2 is 1.77 bits per heavy atom. The van der Waals surface area contributed by atoms with E-state index < -0.39 is 0 Å². The van der Waals surface area contributed by atoms with E-state index in [0.717, 1.165) is 12.0 Å². The van der Waals surface area contributed by atoms with Crippen molar-refractivity contribution in [2.24, 2.45) is 5.92 Å². The van der Waals surface area contributed by atoms with Gasteiger partial charge in [-0.1, -0.05) is 44.2 Å². The summed E-state index contributed by atoms with van der Waals surface area (Å²) in [6, 6.07) is 9.86. The average Bonchev–Trinajstić information content (AvgIpc) is 2.47. The molecule has 0 saturated carbocycles. The number of amides is 2. The van der Waals surface area contributed by atoms with Crippen LogP contribution in [0.4, 0.5) is 0 Å². The van der Waals surface area contributed by atoms with Crippen molar-refractivity contribution in [2.45, 2.75) is 46.6 Å². The number of benzene rings is 1. The zero-order chi connectivity index (χ0) is 16.5. The van der Waals surface area contributed by atoms with E-state index in [1.807, 2.05) is 37.3 Å². The molecule has 1 atom stereocenters. The molecule has 22 heavy (non-hydrogen) atoms. The van der Waals surface area contributed by atoms with Crippen molar-refractivity contribution in [3.05, 3.63) is 35.9 Å². The Balaban J connectivity index is 2.51. The number of hydrogen-bond donors (Lipinski definition) is 1. The molecule has 0 aliphatic carbocycles. The zero-order valence-corrected chi connectivity index (χ0v) is 14.1. The van der Waals surface area contributed by atoms with Crippen LogP contribution >= 0.6 is 0 Å². The van der Waals surface area contributed by atoms with Crippen molar-refractivity contribution < 1.29 is 9.59 Å². The molecular formula is C18H28N2O2. The quantitative estimate of drug-likeness (QED) is 0.802. The summed E-state index contributed by atoms with van der Waals surface area (Å²) in [6.07, 6.45) is 1.32. The minimum absolute atomic E-state index is 0.00663. The monoisotopic (exact) mass is 304 g/mol. The minimum atomic E-state index is -0.0258. The summed E-state index contributed by atoms with van der Waals surface area (Å²) in [7, 11) is 0. The Morgan fingerprint density at radius 3 is 2.32 bits per heavy atom. The molecule has 0 bridgehead atoms. The first-order valence-corrected chi connectivity index (χ1v) is 8.00. The molecule has 0 radical (unpaired) electrons. The van der Waals surface area contributed by atoms with Gasteiger partial charge < -0.3 is 10.2 Å². The molecule has 122 valence electrons. The van der Waals surface area contributed by atoms with E-state index in [9.17, 15) is 9.59 Å². The van der Waals surface area contributed by atoms with Crippen molar-refractivity contribution in [1.29, 1.82) is 0 Å². The molecule has 1 unspecified atom stereocenters. The Labute approximate surface area is 133 Å². The lowest BCUT2D eigenvalue weighted by Gasteiger charge is -2.28. The lowest BCUT2D eigenvalue weighted by atomic mass is 10.1. The number of carbonyl (C=O) groups excluding carboxylic acids is 2. The van der Waals surface area contributed by atoms with Gasteiger partial charge in [-0.3, -0.25) is 9.59 Å². The molecule has 1 rings (SSSR count). The number of rotatable bonds is 8. The summed E-state index contributed by atoms with van der Waals surface area (Å²) in [5, 5.41) is 2.91. The lowest BCUT2D eigenvalue weighted by Crippen LogP contribution is -2.36. The van der Waals surface area contributed by atoms with Gasteiger partial charge in [-0.25, -0.2) is 0 Å². The summed E-state index contributed by atoms with van der Waals surface area (Å²) < 4.78 is 0. The zero-order valence-electron chi connectivity index (χ0n) is 14.1. The predicted octanol–water partition coefficient (Wildman–Crippen LogP) is 3.15. The maximum Gasteiger partial charge on any atom is 0.221 e. The molecule has 2 amide bonds. The second-order valence-electron chi connectivity index (χ2n) is 6.08. The topological polar surface area (TPSA) is 49.4 Å². The number of hydrogen-bond acceptors (Lipinski definition) is 2. The van der Waals surface area contributed by atoms with Crippen LogP contribution in [0, 0.1) is 5.92 Å². The van der Waals surface area contributed by atoms with Crippen LogP contribution in [0.1, 0.15) is 52.1 Å². The van der Waals surface area contributed by atoms with E-state index in [0.29, 0.717) is 25.4 Å². The van der Waals surface area contributed by atoms with E-state index >= 15 is 0 Å². The third-order valence-corrected chi connectivity index (χ3v) is 3.78. The molecule has 4 nitrogen and oxygen atoms in total. The summed E-state index contributed by atoms with van der Waals surface area (Å²) in [5.41, 5.74) is 1.08. The summed E-state index contributed by atoms with van der Waals surface area (Å²) in [5.74, 6) is 0.575. The van der Waals surface area contributed by atoms with Gasteiger partial charge in [-0.15, -0.1) is 0 Å². The minimum Gasteiger partial charge on any atom is -0.356 e. The third kappa shape index (κ3) is 6.29. The highest BCUT2D eigenvalue weighted by Crippen LogP contribution is 2.20. The Kier molecular flexibility index (Phi) is 7.64. The van der Waals surface area contributed by atoms with Crippen LogP contribution in [0.25, 0.3) is 0 Å². The molecule has 0 spiro atoms. The molecule has 0 aliphatic heterocycles. The third-order valence-electron chi connectivity index (χ3n) is 3.78. The van der Waals surface area contributed by atoms with E-state index in [1.165, 1.54) is 0 Å². The summed E-state index contributed by atoms with van der Waals surface area (Å²) >= 11 is 0. The van der Waals surface area contributed by atoms with Gasteiger partial charge in [-0.05, 0) is 24.8 Å². The van der Waals surface area contributed by atoms with Crippen molar-refractivity contribution in [1.82, 2.24) is 10.2 Å². The number of nitrogens with zero attached hydrogens (tertiary/aromatic N) is 1. The van der Waals surface area contributed by atoms with Crippen molar-refractivity contribution in [3.8, 4) is 0 Å². The van der Waals surface area contributed by atoms with Gasteiger partial charge in [0, 0.05) is 26.4 Å². The molecule has 0 aliphatic rings. The van der Waals surface area contributed by atoms with E-state index in [-0.39, 0.29) is 17.9 Å². The molecular weight excluding hydrogens is 276 g/mol. The highest BCUT2D eigenvalue weighted by atomic mass is 16.2. The van der Waals surface area contributed by atoms with Gasteiger partial charge in [0.25, 0.3) is 0 Å². The molecule has 0 heterocycles. The van der Waals surface area contributed by atoms with Gasteiger partial charge >= 0.3 is 0 Å². The first-order chi connectivity index (χ1) is 10.4. The number of nitrogens with one attached hydrogen (secondary N) is 1. The average molecular weight is 304 g/mol. The van der Waals surface area contributed by atoms with Crippen molar-refractivity contribution in [3.63, 3.8) is 0 Å². The van der Waals surface area contributed by atoms with E-state index in [2.05, 4.69) is 19.2 Å². The van der Waals surface area contributed by atoms with Gasteiger partial charge in [0.15, 0.2) is 0 Å². The molecule has 0 saturated heterocycles. The van der Waals surface area contributed by atoms with Crippen molar-refractivity contribution in [2.75, 3.05) is 13.1 Å².